The maximum atomic E-state index is 12.1. The van der Waals surface area contributed by atoms with Crippen molar-refractivity contribution in [3.63, 3.8) is 0 Å². The van der Waals surface area contributed by atoms with Crippen LogP contribution in [0.15, 0.2) is 39.9 Å². The van der Waals surface area contributed by atoms with Crippen molar-refractivity contribution < 1.29 is 0 Å². The van der Waals surface area contributed by atoms with Crippen LogP contribution in [0.3, 0.4) is 0 Å². The molecule has 18 heavy (non-hydrogen) atoms. The first-order valence-corrected chi connectivity index (χ1v) is 6.75. The van der Waals surface area contributed by atoms with Crippen LogP contribution in [0.4, 0.5) is 5.69 Å². The Balaban J connectivity index is 1.89. The van der Waals surface area contributed by atoms with Gasteiger partial charge in [0.15, 0.2) is 0 Å². The normalized spacial score (nSPS) is 14.9. The highest BCUT2D eigenvalue weighted by Crippen LogP contribution is 2.33. The van der Waals surface area contributed by atoms with Crippen molar-refractivity contribution in [1.82, 2.24) is 9.13 Å². The summed E-state index contributed by atoms with van der Waals surface area (Å²) in [6.45, 7) is 0.558. The van der Waals surface area contributed by atoms with Crippen molar-refractivity contribution in [3.05, 3.63) is 51.1 Å². The fourth-order valence-electron chi connectivity index (χ4n) is 2.14. The number of nitrogens with two attached hydrogens (primary N) is 1. The molecule has 2 aromatic rings. The van der Waals surface area contributed by atoms with Gasteiger partial charge in [-0.25, -0.2) is 4.79 Å². The molecule has 0 saturated heterocycles. The molecule has 0 amide bonds. The summed E-state index contributed by atoms with van der Waals surface area (Å²) in [5.74, 6) is 0. The molecule has 2 N–H and O–H groups in total. The number of rotatable bonds is 3. The van der Waals surface area contributed by atoms with Crippen molar-refractivity contribution >= 4 is 21.6 Å². The second-order valence-electron chi connectivity index (χ2n) is 4.74. The number of nitrogens with zero attached hydrogens (tertiary/aromatic N) is 2. The molecule has 1 aliphatic rings. The highest BCUT2D eigenvalue weighted by atomic mass is 79.9. The molecule has 4 nitrogen and oxygen atoms in total. The number of halogens is 1. The summed E-state index contributed by atoms with van der Waals surface area (Å²) in [7, 11) is 0. The molecule has 0 spiro atoms. The number of nitrogen functional groups attached to an aromatic ring is 1. The Labute approximate surface area is 113 Å². The molecule has 0 bridgehead atoms. The second-order valence-corrected chi connectivity index (χ2v) is 5.66. The van der Waals surface area contributed by atoms with Gasteiger partial charge >= 0.3 is 5.69 Å². The zero-order valence-corrected chi connectivity index (χ0v) is 11.4. The lowest BCUT2D eigenvalue weighted by atomic mass is 10.2. The van der Waals surface area contributed by atoms with E-state index in [1.54, 1.807) is 4.57 Å². The summed E-state index contributed by atoms with van der Waals surface area (Å²) in [6, 6.07) is 6.15. The van der Waals surface area contributed by atoms with Gasteiger partial charge in [0.2, 0.25) is 0 Å². The van der Waals surface area contributed by atoms with Crippen LogP contribution in [-0.4, -0.2) is 9.13 Å². The minimum atomic E-state index is 0.0658. The number of imidazole rings is 1. The van der Waals surface area contributed by atoms with Gasteiger partial charge in [-0.3, -0.25) is 9.13 Å². The van der Waals surface area contributed by atoms with Crippen LogP contribution in [0.2, 0.25) is 0 Å². The van der Waals surface area contributed by atoms with Gasteiger partial charge in [0.25, 0.3) is 0 Å². The van der Waals surface area contributed by atoms with Crippen LogP contribution < -0.4 is 11.4 Å². The van der Waals surface area contributed by atoms with Crippen molar-refractivity contribution in [2.24, 2.45) is 0 Å². The molecule has 1 aromatic carbocycles. The van der Waals surface area contributed by atoms with Crippen molar-refractivity contribution in [1.29, 1.82) is 0 Å². The third kappa shape index (κ3) is 2.22. The van der Waals surface area contributed by atoms with E-state index in [4.69, 9.17) is 5.73 Å². The first kappa shape index (κ1) is 11.6. The molecule has 5 heteroatoms. The van der Waals surface area contributed by atoms with Crippen LogP contribution in [-0.2, 0) is 6.54 Å². The lowest BCUT2D eigenvalue weighted by Crippen LogP contribution is -2.23. The average molecular weight is 308 g/mol. The standard InChI is InChI=1S/C13H14BrN3O/c14-10-5-9(6-11(15)7-10)8-16-3-4-17(13(16)18)12-1-2-12/h3-7,12H,1-2,8,15H2. The fourth-order valence-corrected chi connectivity index (χ4v) is 2.70. The van der Waals surface area contributed by atoms with Gasteiger partial charge in [-0.2, -0.15) is 0 Å². The summed E-state index contributed by atoms with van der Waals surface area (Å²) in [4.78, 5) is 12.1. The molecule has 94 valence electrons. The molecule has 0 radical (unpaired) electrons. The van der Waals surface area contributed by atoms with Gasteiger partial charge in [0, 0.05) is 28.6 Å². The van der Waals surface area contributed by atoms with E-state index < -0.39 is 0 Å². The van der Waals surface area contributed by atoms with E-state index in [2.05, 4.69) is 15.9 Å². The summed E-state index contributed by atoms with van der Waals surface area (Å²) in [5, 5.41) is 0. The van der Waals surface area contributed by atoms with E-state index in [0.717, 1.165) is 22.9 Å². The Kier molecular flexibility index (Phi) is 2.78. The molecule has 0 unspecified atom stereocenters. The molecule has 0 aliphatic heterocycles. The quantitative estimate of drug-likeness (QED) is 0.885. The average Bonchev–Trinajstić information content (AvgIpc) is 3.05. The zero-order chi connectivity index (χ0) is 12.7. The van der Waals surface area contributed by atoms with Gasteiger partial charge in [-0.05, 0) is 36.6 Å². The number of benzene rings is 1. The zero-order valence-electron chi connectivity index (χ0n) is 9.84. The Bertz CT molecular complexity index is 620. The van der Waals surface area contributed by atoms with Gasteiger partial charge in [-0.15, -0.1) is 0 Å². The van der Waals surface area contributed by atoms with E-state index in [9.17, 15) is 4.79 Å². The van der Waals surface area contributed by atoms with Gasteiger partial charge in [0.1, 0.15) is 0 Å². The van der Waals surface area contributed by atoms with E-state index in [1.165, 1.54) is 0 Å². The highest BCUT2D eigenvalue weighted by molar-refractivity contribution is 9.10. The molecule has 3 rings (SSSR count). The number of anilines is 1. The van der Waals surface area contributed by atoms with Gasteiger partial charge in [-0.1, -0.05) is 15.9 Å². The van der Waals surface area contributed by atoms with Gasteiger partial charge < -0.3 is 5.73 Å². The second kappa shape index (κ2) is 4.31. The Hall–Kier alpha value is -1.49. The van der Waals surface area contributed by atoms with Crippen molar-refractivity contribution in [3.8, 4) is 0 Å². The van der Waals surface area contributed by atoms with Crippen molar-refractivity contribution in [2.45, 2.75) is 25.4 Å². The van der Waals surface area contributed by atoms with Crippen LogP contribution in [0.5, 0.6) is 0 Å². The predicted molar refractivity (Wildman–Crippen MR) is 74.6 cm³/mol. The smallest absolute Gasteiger partial charge is 0.328 e. The molecular weight excluding hydrogens is 294 g/mol. The van der Waals surface area contributed by atoms with Crippen molar-refractivity contribution in [2.75, 3.05) is 5.73 Å². The molecule has 0 atom stereocenters. The molecule has 1 aromatic heterocycles. The summed E-state index contributed by atoms with van der Waals surface area (Å²) in [5.41, 5.74) is 7.59. The minimum Gasteiger partial charge on any atom is -0.399 e. The monoisotopic (exact) mass is 307 g/mol. The SMILES string of the molecule is Nc1cc(Br)cc(Cn2ccn(C3CC3)c2=O)c1. The molecule has 1 fully saturated rings. The summed E-state index contributed by atoms with van der Waals surface area (Å²) in [6.07, 6.45) is 5.96. The number of hydrogen-bond acceptors (Lipinski definition) is 2. The predicted octanol–water partition coefficient (Wildman–Crippen LogP) is 2.38. The van der Waals surface area contributed by atoms with Crippen LogP contribution >= 0.6 is 15.9 Å². The summed E-state index contributed by atoms with van der Waals surface area (Å²) < 4.78 is 4.48. The lowest BCUT2D eigenvalue weighted by molar-refractivity contribution is 0.656. The molecule has 1 saturated carbocycles. The maximum Gasteiger partial charge on any atom is 0.328 e. The van der Waals surface area contributed by atoms with E-state index in [1.807, 2.05) is 35.2 Å². The Morgan fingerprint density at radius 2 is 2.06 bits per heavy atom. The van der Waals surface area contributed by atoms with Crippen LogP contribution in [0.1, 0.15) is 24.4 Å². The first-order chi connectivity index (χ1) is 8.63. The highest BCUT2D eigenvalue weighted by Gasteiger charge is 2.25. The third-order valence-electron chi connectivity index (χ3n) is 3.15. The Morgan fingerprint density at radius 3 is 2.72 bits per heavy atom. The fraction of sp³-hybridized carbons (Fsp3) is 0.308. The largest absolute Gasteiger partial charge is 0.399 e. The summed E-state index contributed by atoms with van der Waals surface area (Å²) >= 11 is 3.41. The van der Waals surface area contributed by atoms with E-state index >= 15 is 0 Å². The molecular formula is C13H14BrN3O. The first-order valence-electron chi connectivity index (χ1n) is 5.96. The Morgan fingerprint density at radius 1 is 1.28 bits per heavy atom. The van der Waals surface area contributed by atoms with Crippen LogP contribution in [0.25, 0.3) is 0 Å². The minimum absolute atomic E-state index is 0.0658. The molecule has 1 heterocycles. The third-order valence-corrected chi connectivity index (χ3v) is 3.60. The maximum absolute atomic E-state index is 12.1. The molecule has 1 aliphatic carbocycles. The van der Waals surface area contributed by atoms with E-state index in [-0.39, 0.29) is 5.69 Å². The van der Waals surface area contributed by atoms with Crippen LogP contribution in [0, 0.1) is 0 Å². The number of aromatic nitrogens is 2. The van der Waals surface area contributed by atoms with E-state index in [0.29, 0.717) is 18.3 Å². The van der Waals surface area contributed by atoms with Gasteiger partial charge in [0.05, 0.1) is 6.54 Å². The topological polar surface area (TPSA) is 52.9 Å². The lowest BCUT2D eigenvalue weighted by Gasteiger charge is -2.04. The number of hydrogen-bond donors (Lipinski definition) is 1.